The second-order valence-electron chi connectivity index (χ2n) is 7.16. The van der Waals surface area contributed by atoms with Crippen LogP contribution in [0.25, 0.3) is 22.4 Å². The smallest absolute Gasteiger partial charge is 0.413 e. The first-order valence-electron chi connectivity index (χ1n) is 9.79. The number of nitrogens with one attached hydrogen (secondary N) is 2. The molecule has 2 N–H and O–H groups in total. The summed E-state index contributed by atoms with van der Waals surface area (Å²) in [4.78, 5) is 37.4. The number of hydrogen-bond acceptors (Lipinski definition) is 7. The van der Waals surface area contributed by atoms with Gasteiger partial charge in [0.25, 0.3) is 0 Å². The minimum atomic E-state index is -0.602. The number of amides is 2. The molecule has 0 radical (unpaired) electrons. The Bertz CT molecular complexity index is 1130. The number of likely N-dealkylation sites (tertiary alicyclic amines) is 1. The number of nitrogens with zero attached hydrogens (tertiary/aromatic N) is 3. The summed E-state index contributed by atoms with van der Waals surface area (Å²) in [7, 11) is 3.13. The second-order valence-corrected chi connectivity index (χ2v) is 7.16. The van der Waals surface area contributed by atoms with E-state index in [4.69, 9.17) is 14.2 Å². The van der Waals surface area contributed by atoms with Crippen molar-refractivity contribution in [2.75, 3.05) is 27.3 Å². The Labute approximate surface area is 178 Å². The molecule has 1 fully saturated rings. The zero-order valence-corrected chi connectivity index (χ0v) is 17.5. The first-order valence-corrected chi connectivity index (χ1v) is 9.79. The SMILES string of the molecule is COc1ccc(-c2cnc3[nH]cc(OC(=O)NC4CCN(C(C)=O)C4)c3n2)cc1OC. The molecule has 0 saturated carbocycles. The highest BCUT2D eigenvalue weighted by atomic mass is 16.6. The molecule has 0 spiro atoms. The third kappa shape index (κ3) is 4.23. The highest BCUT2D eigenvalue weighted by Crippen LogP contribution is 2.32. The molecule has 3 heterocycles. The van der Waals surface area contributed by atoms with Crippen LogP contribution >= 0.6 is 0 Å². The molecule has 3 aromatic rings. The molecule has 1 atom stereocenters. The Kier molecular flexibility index (Phi) is 5.61. The maximum atomic E-state index is 12.4. The molecule has 0 aliphatic carbocycles. The Hall–Kier alpha value is -3.82. The van der Waals surface area contributed by atoms with E-state index in [0.29, 0.717) is 47.9 Å². The average Bonchev–Trinajstić information content (AvgIpc) is 3.40. The zero-order chi connectivity index (χ0) is 22.0. The van der Waals surface area contributed by atoms with E-state index in [9.17, 15) is 9.59 Å². The summed E-state index contributed by atoms with van der Waals surface area (Å²) in [5.41, 5.74) is 2.29. The van der Waals surface area contributed by atoms with Gasteiger partial charge < -0.3 is 29.4 Å². The Morgan fingerprint density at radius 2 is 2.00 bits per heavy atom. The van der Waals surface area contributed by atoms with Crippen LogP contribution in [0.4, 0.5) is 4.79 Å². The lowest BCUT2D eigenvalue weighted by Gasteiger charge is -2.14. The van der Waals surface area contributed by atoms with Gasteiger partial charge in [-0.1, -0.05) is 0 Å². The molecule has 31 heavy (non-hydrogen) atoms. The van der Waals surface area contributed by atoms with Crippen molar-refractivity contribution in [3.05, 3.63) is 30.6 Å². The number of fused-ring (bicyclic) bond motifs is 1. The molecule has 1 aliphatic rings. The van der Waals surface area contributed by atoms with Crippen LogP contribution in [0.5, 0.6) is 17.2 Å². The average molecular weight is 425 g/mol. The second kappa shape index (κ2) is 8.50. The molecular weight excluding hydrogens is 402 g/mol. The van der Waals surface area contributed by atoms with E-state index in [1.165, 1.54) is 6.92 Å². The summed E-state index contributed by atoms with van der Waals surface area (Å²) in [5, 5.41) is 2.79. The topological polar surface area (TPSA) is 119 Å². The van der Waals surface area contributed by atoms with E-state index in [-0.39, 0.29) is 17.7 Å². The van der Waals surface area contributed by atoms with E-state index in [0.717, 1.165) is 5.56 Å². The Morgan fingerprint density at radius 3 is 2.71 bits per heavy atom. The van der Waals surface area contributed by atoms with Crippen LogP contribution in [0.15, 0.2) is 30.6 Å². The molecule has 4 rings (SSSR count). The highest BCUT2D eigenvalue weighted by Gasteiger charge is 2.26. The number of ether oxygens (including phenoxy) is 3. The third-order valence-corrected chi connectivity index (χ3v) is 5.18. The van der Waals surface area contributed by atoms with Gasteiger partial charge in [0.15, 0.2) is 28.4 Å². The first kappa shape index (κ1) is 20.5. The molecule has 10 nitrogen and oxygen atoms in total. The van der Waals surface area contributed by atoms with E-state index in [1.54, 1.807) is 43.6 Å². The van der Waals surface area contributed by atoms with E-state index in [2.05, 4.69) is 20.3 Å². The quantitative estimate of drug-likeness (QED) is 0.644. The molecule has 1 aromatic carbocycles. The lowest BCUT2D eigenvalue weighted by molar-refractivity contribution is -0.127. The fourth-order valence-electron chi connectivity index (χ4n) is 3.54. The number of carbonyl (C=O) groups excluding carboxylic acids is 2. The molecule has 2 amide bonds. The Morgan fingerprint density at radius 1 is 1.19 bits per heavy atom. The minimum Gasteiger partial charge on any atom is -0.493 e. The van der Waals surface area contributed by atoms with Gasteiger partial charge in [0.2, 0.25) is 5.91 Å². The van der Waals surface area contributed by atoms with Crippen molar-refractivity contribution in [2.45, 2.75) is 19.4 Å². The highest BCUT2D eigenvalue weighted by molar-refractivity contribution is 5.84. The number of H-pyrrole nitrogens is 1. The predicted molar refractivity (Wildman–Crippen MR) is 112 cm³/mol. The van der Waals surface area contributed by atoms with E-state index >= 15 is 0 Å². The van der Waals surface area contributed by atoms with Gasteiger partial charge in [-0.15, -0.1) is 0 Å². The van der Waals surface area contributed by atoms with E-state index in [1.807, 2.05) is 6.07 Å². The zero-order valence-electron chi connectivity index (χ0n) is 17.5. The summed E-state index contributed by atoms with van der Waals surface area (Å²) < 4.78 is 16.1. The normalized spacial score (nSPS) is 15.7. The fourth-order valence-corrected chi connectivity index (χ4v) is 3.54. The Balaban J connectivity index is 1.52. The molecule has 1 saturated heterocycles. The number of rotatable bonds is 5. The van der Waals surface area contributed by atoms with Crippen LogP contribution in [0, 0.1) is 0 Å². The predicted octanol–water partition coefficient (Wildman–Crippen LogP) is 2.35. The van der Waals surface area contributed by atoms with Gasteiger partial charge in [-0.05, 0) is 24.6 Å². The molecular formula is C21H23N5O5. The van der Waals surface area contributed by atoms with Gasteiger partial charge in [0.1, 0.15) is 0 Å². The third-order valence-electron chi connectivity index (χ3n) is 5.18. The van der Waals surface area contributed by atoms with Crippen molar-refractivity contribution in [3.8, 4) is 28.5 Å². The van der Waals surface area contributed by atoms with Crippen molar-refractivity contribution in [3.63, 3.8) is 0 Å². The minimum absolute atomic E-state index is 0.00716. The standard InChI is InChI=1S/C21H23N5O5/c1-12(27)26-7-6-14(11-26)24-21(28)31-18-10-23-20-19(18)25-15(9-22-20)13-4-5-16(29-2)17(8-13)30-3/h4-5,8-10,14H,6-7,11H2,1-3H3,(H,22,23)(H,24,28). The first-order chi connectivity index (χ1) is 15.0. The number of carbonyl (C=O) groups is 2. The van der Waals surface area contributed by atoms with Crippen LogP contribution in [0.1, 0.15) is 13.3 Å². The lowest BCUT2D eigenvalue weighted by Crippen LogP contribution is -2.39. The van der Waals surface area contributed by atoms with Crippen LogP contribution in [-0.2, 0) is 4.79 Å². The number of aromatic nitrogens is 3. The summed E-state index contributed by atoms with van der Waals surface area (Å²) in [6.07, 6.45) is 3.25. The van der Waals surface area contributed by atoms with Crippen LogP contribution in [0.2, 0.25) is 0 Å². The van der Waals surface area contributed by atoms with Crippen LogP contribution < -0.4 is 19.5 Å². The molecule has 2 aromatic heterocycles. The van der Waals surface area contributed by atoms with Gasteiger partial charge >= 0.3 is 6.09 Å². The van der Waals surface area contributed by atoms with Gasteiger partial charge in [0, 0.05) is 31.8 Å². The maximum absolute atomic E-state index is 12.4. The maximum Gasteiger partial charge on any atom is 0.413 e. The van der Waals surface area contributed by atoms with Crippen molar-refractivity contribution in [1.29, 1.82) is 0 Å². The van der Waals surface area contributed by atoms with Gasteiger partial charge in [0.05, 0.1) is 32.2 Å². The largest absolute Gasteiger partial charge is 0.493 e. The van der Waals surface area contributed by atoms with Gasteiger partial charge in [-0.25, -0.2) is 14.8 Å². The molecule has 162 valence electrons. The number of methoxy groups -OCH3 is 2. The summed E-state index contributed by atoms with van der Waals surface area (Å²) >= 11 is 0. The van der Waals surface area contributed by atoms with E-state index < -0.39 is 6.09 Å². The summed E-state index contributed by atoms with van der Waals surface area (Å²) in [5.74, 6) is 1.44. The monoisotopic (exact) mass is 425 g/mol. The van der Waals surface area contributed by atoms with Crippen molar-refractivity contribution < 1.29 is 23.8 Å². The molecule has 1 unspecified atom stereocenters. The van der Waals surface area contributed by atoms with Crippen molar-refractivity contribution in [2.24, 2.45) is 0 Å². The number of aromatic amines is 1. The lowest BCUT2D eigenvalue weighted by atomic mass is 10.1. The molecule has 0 bridgehead atoms. The summed E-state index contributed by atoms with van der Waals surface area (Å²) in [6.45, 7) is 2.61. The van der Waals surface area contributed by atoms with Crippen LogP contribution in [0.3, 0.4) is 0 Å². The van der Waals surface area contributed by atoms with Crippen molar-refractivity contribution in [1.82, 2.24) is 25.2 Å². The molecule has 1 aliphatic heterocycles. The number of hydrogen-bond donors (Lipinski definition) is 2. The summed E-state index contributed by atoms with van der Waals surface area (Å²) in [6, 6.07) is 5.29. The number of benzene rings is 1. The van der Waals surface area contributed by atoms with Gasteiger partial charge in [-0.3, -0.25) is 4.79 Å². The van der Waals surface area contributed by atoms with Crippen molar-refractivity contribution >= 4 is 23.2 Å². The van der Waals surface area contributed by atoms with Crippen LogP contribution in [-0.4, -0.2) is 65.2 Å². The molecule has 10 heteroatoms. The van der Waals surface area contributed by atoms with Gasteiger partial charge in [-0.2, -0.15) is 0 Å². The fraction of sp³-hybridized carbons (Fsp3) is 0.333.